The number of hydrazine groups is 1. The molecule has 0 saturated heterocycles. The second-order valence-electron chi connectivity index (χ2n) is 9.91. The Morgan fingerprint density at radius 3 is 2.53 bits per heavy atom. The highest BCUT2D eigenvalue weighted by Gasteiger charge is 2.35. The molecular weight excluding hydrogens is 473 g/mol. The summed E-state index contributed by atoms with van der Waals surface area (Å²) in [6, 6.07) is 6.65. The number of hydrogen-bond donors (Lipinski definition) is 1. The van der Waals surface area contributed by atoms with Crippen LogP contribution in [0.1, 0.15) is 71.8 Å². The Balaban J connectivity index is 2.13. The van der Waals surface area contributed by atoms with Gasteiger partial charge >= 0.3 is 0 Å². The van der Waals surface area contributed by atoms with E-state index in [1.165, 1.54) is 11.6 Å². The Morgan fingerprint density at radius 1 is 1.22 bits per heavy atom. The number of aryl methyl sites for hydroxylation is 1. The zero-order valence-corrected chi connectivity index (χ0v) is 23.4. The van der Waals surface area contributed by atoms with Crippen molar-refractivity contribution >= 4 is 17.5 Å². The summed E-state index contributed by atoms with van der Waals surface area (Å²) in [4.78, 5) is 13.1. The van der Waals surface area contributed by atoms with Gasteiger partial charge in [-0.2, -0.15) is 0 Å². The first-order valence-corrected chi connectivity index (χ1v) is 13.5. The van der Waals surface area contributed by atoms with Gasteiger partial charge in [0, 0.05) is 24.5 Å². The molecule has 0 spiro atoms. The summed E-state index contributed by atoms with van der Waals surface area (Å²) in [6.07, 6.45) is 12.7. The van der Waals surface area contributed by atoms with E-state index >= 15 is 0 Å². The molecule has 0 aliphatic carbocycles. The first-order chi connectivity index (χ1) is 17.2. The number of carbonyl (C=O) groups is 1. The van der Waals surface area contributed by atoms with Crippen LogP contribution in [-0.4, -0.2) is 40.9 Å². The Hall–Kier alpha value is -2.37. The van der Waals surface area contributed by atoms with Crippen LogP contribution in [0, 0.1) is 5.82 Å². The molecule has 0 saturated carbocycles. The fourth-order valence-corrected chi connectivity index (χ4v) is 4.77. The fourth-order valence-electron chi connectivity index (χ4n) is 4.56. The molecule has 0 bridgehead atoms. The molecule has 1 aliphatic rings. The predicted molar refractivity (Wildman–Crippen MR) is 150 cm³/mol. The van der Waals surface area contributed by atoms with Crippen molar-refractivity contribution in [2.45, 2.75) is 84.7 Å². The molecule has 0 aromatic heterocycles. The first-order valence-electron chi connectivity index (χ1n) is 13.0. The zero-order chi connectivity index (χ0) is 26.7. The number of nitrogens with zero attached hydrogens (tertiary/aromatic N) is 2. The Bertz CT molecular complexity index is 982. The quantitative estimate of drug-likeness (QED) is 0.170. The monoisotopic (exact) mass is 515 g/mol. The fraction of sp³-hybridized carbons (Fsp3) is 0.500. The van der Waals surface area contributed by atoms with E-state index in [0.717, 1.165) is 61.1 Å². The number of carbonyl (C=O) groups excluding carboxylic acids is 1. The molecule has 1 amide bonds. The Labute approximate surface area is 222 Å². The number of likely N-dealkylation sites (N-methyl/N-ethyl adjacent to an activating group) is 1. The van der Waals surface area contributed by atoms with Gasteiger partial charge in [-0.3, -0.25) is 9.80 Å². The molecule has 4 nitrogen and oxygen atoms in total. The molecule has 2 rings (SSSR count). The van der Waals surface area contributed by atoms with E-state index in [-0.39, 0.29) is 23.8 Å². The van der Waals surface area contributed by atoms with Gasteiger partial charge < -0.3 is 5.32 Å². The van der Waals surface area contributed by atoms with E-state index in [0.29, 0.717) is 12.3 Å². The maximum atomic E-state index is 13.4. The Morgan fingerprint density at radius 2 is 1.92 bits per heavy atom. The van der Waals surface area contributed by atoms with Gasteiger partial charge in [-0.15, -0.1) is 11.6 Å². The van der Waals surface area contributed by atoms with Crippen molar-refractivity contribution in [3.8, 4) is 0 Å². The highest BCUT2D eigenvalue weighted by atomic mass is 35.5. The van der Waals surface area contributed by atoms with Crippen LogP contribution >= 0.6 is 11.6 Å². The molecule has 0 radical (unpaired) electrons. The second kappa shape index (κ2) is 15.0. The van der Waals surface area contributed by atoms with E-state index in [9.17, 15) is 9.18 Å². The zero-order valence-electron chi connectivity index (χ0n) is 22.6. The van der Waals surface area contributed by atoms with Crippen LogP contribution in [0.25, 0.3) is 0 Å². The van der Waals surface area contributed by atoms with Gasteiger partial charge in [-0.05, 0) is 89.1 Å². The smallest absolute Gasteiger partial charge is 0.239 e. The molecule has 1 heterocycles. The molecule has 36 heavy (non-hydrogen) atoms. The number of nitrogens with one attached hydrogen (secondary N) is 1. The molecule has 1 N–H and O–H groups in total. The van der Waals surface area contributed by atoms with Crippen LogP contribution in [0.15, 0.2) is 71.6 Å². The third-order valence-corrected chi connectivity index (χ3v) is 6.90. The van der Waals surface area contributed by atoms with Crippen LogP contribution < -0.4 is 5.32 Å². The van der Waals surface area contributed by atoms with Gasteiger partial charge in [-0.25, -0.2) is 9.40 Å². The third kappa shape index (κ3) is 8.94. The van der Waals surface area contributed by atoms with Gasteiger partial charge in [0.05, 0.1) is 5.88 Å². The van der Waals surface area contributed by atoms with Gasteiger partial charge in [0.15, 0.2) is 0 Å². The van der Waals surface area contributed by atoms with Crippen molar-refractivity contribution in [3.63, 3.8) is 0 Å². The third-order valence-electron chi connectivity index (χ3n) is 6.62. The number of alkyl halides is 1. The number of rotatable bonds is 13. The number of hydrogen-bond acceptors (Lipinski definition) is 3. The molecular formula is C30H43ClFN3O. The highest BCUT2D eigenvalue weighted by molar-refractivity contribution is 6.19. The van der Waals surface area contributed by atoms with Crippen molar-refractivity contribution < 1.29 is 9.18 Å². The van der Waals surface area contributed by atoms with Crippen LogP contribution in [0.4, 0.5) is 4.39 Å². The lowest BCUT2D eigenvalue weighted by atomic mass is 9.94. The topological polar surface area (TPSA) is 35.6 Å². The molecule has 198 valence electrons. The molecule has 1 aromatic rings. The van der Waals surface area contributed by atoms with E-state index < -0.39 is 0 Å². The van der Waals surface area contributed by atoms with Gasteiger partial charge in [0.25, 0.3) is 0 Å². The van der Waals surface area contributed by atoms with Crippen molar-refractivity contribution in [2.24, 2.45) is 0 Å². The molecule has 0 fully saturated rings. The van der Waals surface area contributed by atoms with Gasteiger partial charge in [-0.1, -0.05) is 49.3 Å². The molecule has 1 aliphatic heterocycles. The number of amides is 1. The minimum Gasteiger partial charge on any atom is -0.352 e. The van der Waals surface area contributed by atoms with E-state index in [1.807, 2.05) is 57.1 Å². The lowest BCUT2D eigenvalue weighted by molar-refractivity contribution is -0.132. The van der Waals surface area contributed by atoms with E-state index in [4.69, 9.17) is 11.6 Å². The van der Waals surface area contributed by atoms with Crippen LogP contribution in [-0.2, 0) is 11.2 Å². The average Bonchev–Trinajstić information content (AvgIpc) is 2.83. The Kier molecular flexibility index (Phi) is 12.5. The van der Waals surface area contributed by atoms with E-state index in [1.54, 1.807) is 12.1 Å². The summed E-state index contributed by atoms with van der Waals surface area (Å²) in [7, 11) is 1.96. The van der Waals surface area contributed by atoms with Crippen molar-refractivity contribution in [3.05, 3.63) is 83.0 Å². The van der Waals surface area contributed by atoms with Gasteiger partial charge in [0.2, 0.25) is 5.91 Å². The lowest BCUT2D eigenvalue weighted by Crippen LogP contribution is -2.55. The molecule has 1 atom stereocenters. The van der Waals surface area contributed by atoms with Crippen LogP contribution in [0.2, 0.25) is 0 Å². The molecule has 1 aromatic carbocycles. The first kappa shape index (κ1) is 29.9. The predicted octanol–water partition coefficient (Wildman–Crippen LogP) is 7.29. The number of allylic oxidation sites excluding steroid dienone is 6. The standard InChI is InChI=1S/C30H43ClFN3O/c1-7-23(4)17-18-28(21-31)35-24(5)26(20-29(34(35)6)30(36)33-22(2)3)15-11-9-8-10-13-25-14-12-16-27(32)19-25/h7,12,14,16-19,22,29H,1,8-11,13,15,20-21H2,2-6H3,(H,33,36)/b23-17-,28-18+. The van der Waals surface area contributed by atoms with Crippen molar-refractivity contribution in [2.75, 3.05) is 12.9 Å². The maximum Gasteiger partial charge on any atom is 0.239 e. The second-order valence-corrected chi connectivity index (χ2v) is 10.2. The van der Waals surface area contributed by atoms with E-state index in [2.05, 4.69) is 23.8 Å². The maximum absolute atomic E-state index is 13.4. The largest absolute Gasteiger partial charge is 0.352 e. The summed E-state index contributed by atoms with van der Waals surface area (Å²) in [6.45, 7) is 11.9. The number of halogens is 2. The minimum absolute atomic E-state index is 0.0318. The number of benzene rings is 1. The van der Waals surface area contributed by atoms with Crippen LogP contribution in [0.5, 0.6) is 0 Å². The van der Waals surface area contributed by atoms with Crippen LogP contribution in [0.3, 0.4) is 0 Å². The average molecular weight is 516 g/mol. The summed E-state index contributed by atoms with van der Waals surface area (Å²) in [5.74, 6) is 0.191. The minimum atomic E-state index is -0.296. The number of unbranched alkanes of at least 4 members (excludes halogenated alkanes) is 3. The molecule has 1 unspecified atom stereocenters. The lowest BCUT2D eigenvalue weighted by Gasteiger charge is -2.45. The normalized spacial score (nSPS) is 17.7. The SMILES string of the molecule is C=C/C(C)=C\C=C(/CCl)N1C(C)=C(CCCCCCc2cccc(F)c2)CC(C(=O)NC(C)C)N1C. The summed E-state index contributed by atoms with van der Waals surface area (Å²) in [5.41, 5.74) is 5.46. The summed E-state index contributed by atoms with van der Waals surface area (Å²) >= 11 is 6.40. The van der Waals surface area contributed by atoms with Gasteiger partial charge in [0.1, 0.15) is 11.9 Å². The summed E-state index contributed by atoms with van der Waals surface area (Å²) < 4.78 is 13.4. The molecule has 6 heteroatoms. The summed E-state index contributed by atoms with van der Waals surface area (Å²) in [5, 5.41) is 7.20. The van der Waals surface area contributed by atoms with Crippen molar-refractivity contribution in [1.82, 2.24) is 15.3 Å². The highest BCUT2D eigenvalue weighted by Crippen LogP contribution is 2.33. The van der Waals surface area contributed by atoms with Crippen molar-refractivity contribution in [1.29, 1.82) is 0 Å².